The molecule has 16 heavy (non-hydrogen) atoms. The summed E-state index contributed by atoms with van der Waals surface area (Å²) in [6, 6.07) is 6.32. The Labute approximate surface area is 97.0 Å². The molecule has 0 spiro atoms. The van der Waals surface area contributed by atoms with Gasteiger partial charge in [0.15, 0.2) is 5.69 Å². The Kier molecular flexibility index (Phi) is 2.71. The van der Waals surface area contributed by atoms with Gasteiger partial charge in [0.05, 0.1) is 11.9 Å². The van der Waals surface area contributed by atoms with Gasteiger partial charge in [-0.3, -0.25) is 0 Å². The van der Waals surface area contributed by atoms with Crippen LogP contribution in [0, 0.1) is 0 Å². The van der Waals surface area contributed by atoms with Crippen molar-refractivity contribution in [2.24, 2.45) is 0 Å². The summed E-state index contributed by atoms with van der Waals surface area (Å²) in [5.41, 5.74) is -0.581. The molecule has 84 valence electrons. The van der Waals surface area contributed by atoms with E-state index in [0.717, 1.165) is 9.15 Å². The molecule has 0 N–H and O–H groups in total. The van der Waals surface area contributed by atoms with Crippen LogP contribution in [0.3, 0.4) is 0 Å². The number of hydrogen-bond acceptors (Lipinski definition) is 2. The van der Waals surface area contributed by atoms with Gasteiger partial charge in [0.25, 0.3) is 0 Å². The molecule has 0 saturated heterocycles. The Morgan fingerprint density at radius 1 is 1.12 bits per heavy atom. The van der Waals surface area contributed by atoms with Gasteiger partial charge in [0.1, 0.15) is 0 Å². The molecule has 1 aromatic carbocycles. The summed E-state index contributed by atoms with van der Waals surface area (Å²) in [6.45, 7) is 0. The number of benzene rings is 1. The summed E-state index contributed by atoms with van der Waals surface area (Å²) in [7, 11) is 0. The fourth-order valence-corrected chi connectivity index (χ4v) is 1.47. The molecule has 2 rings (SSSR count). The maximum absolute atomic E-state index is 12.5. The molecule has 0 unspecified atom stereocenters. The Bertz CT molecular complexity index is 489. The normalized spacial score (nSPS) is 11.8. The van der Waals surface area contributed by atoms with Gasteiger partial charge in [-0.1, -0.05) is 21.1 Å². The summed E-state index contributed by atoms with van der Waals surface area (Å²) in [6.07, 6.45) is -3.77. The number of halogens is 4. The highest BCUT2D eigenvalue weighted by Gasteiger charge is 2.35. The fraction of sp³-hybridized carbons (Fsp3) is 0.111. The third kappa shape index (κ3) is 2.08. The first kappa shape index (κ1) is 11.1. The van der Waals surface area contributed by atoms with Gasteiger partial charge in [-0.2, -0.15) is 13.2 Å². The molecule has 0 fully saturated rings. The van der Waals surface area contributed by atoms with E-state index in [0.29, 0.717) is 11.9 Å². The predicted octanol–water partition coefficient (Wildman–Crippen LogP) is 3.05. The minimum atomic E-state index is -4.46. The minimum Gasteiger partial charge on any atom is -0.208 e. The molecule has 0 atom stereocenters. The third-order valence-electron chi connectivity index (χ3n) is 1.91. The van der Waals surface area contributed by atoms with Gasteiger partial charge in [0, 0.05) is 4.47 Å². The Balaban J connectivity index is 2.49. The fourth-order valence-electron chi connectivity index (χ4n) is 1.20. The lowest BCUT2D eigenvalue weighted by atomic mass is 10.3. The zero-order valence-electron chi connectivity index (χ0n) is 7.74. The minimum absolute atomic E-state index is 0.313. The molecule has 7 heteroatoms. The summed E-state index contributed by atoms with van der Waals surface area (Å²) in [5.74, 6) is 0. The van der Waals surface area contributed by atoms with Crippen LogP contribution in [0.15, 0.2) is 34.9 Å². The quantitative estimate of drug-likeness (QED) is 0.808. The second-order valence-corrected chi connectivity index (χ2v) is 3.92. The molecular formula is C9H5BrF3N3. The average Bonchev–Trinajstić information content (AvgIpc) is 2.66. The standard InChI is InChI=1S/C9H5BrF3N3/c10-6-1-3-7(4-2-6)16-8(5-14-15-16)9(11,12)13/h1-5H. The van der Waals surface area contributed by atoms with E-state index in [9.17, 15) is 13.2 Å². The van der Waals surface area contributed by atoms with Gasteiger partial charge < -0.3 is 0 Å². The first-order chi connectivity index (χ1) is 7.48. The first-order valence-electron chi connectivity index (χ1n) is 4.22. The van der Waals surface area contributed by atoms with E-state index in [1.54, 1.807) is 12.1 Å². The van der Waals surface area contributed by atoms with Crippen LogP contribution in [0.4, 0.5) is 13.2 Å². The SMILES string of the molecule is FC(F)(F)c1cnnn1-c1ccc(Br)cc1. The summed E-state index contributed by atoms with van der Waals surface area (Å²) in [4.78, 5) is 0. The molecule has 2 aromatic rings. The molecule has 0 radical (unpaired) electrons. The van der Waals surface area contributed by atoms with Gasteiger partial charge in [-0.05, 0) is 24.3 Å². The van der Waals surface area contributed by atoms with Crippen molar-refractivity contribution in [2.45, 2.75) is 6.18 Å². The van der Waals surface area contributed by atoms with Gasteiger partial charge in [0.2, 0.25) is 0 Å². The van der Waals surface area contributed by atoms with Crippen LogP contribution in [0.1, 0.15) is 5.69 Å². The molecule has 0 saturated carbocycles. The predicted molar refractivity (Wildman–Crippen MR) is 54.1 cm³/mol. The van der Waals surface area contributed by atoms with Crippen molar-refractivity contribution in [3.8, 4) is 5.69 Å². The van der Waals surface area contributed by atoms with Crippen LogP contribution in [0.25, 0.3) is 5.69 Å². The first-order valence-corrected chi connectivity index (χ1v) is 5.01. The highest BCUT2D eigenvalue weighted by Crippen LogP contribution is 2.29. The second kappa shape index (κ2) is 3.89. The zero-order chi connectivity index (χ0) is 11.8. The van der Waals surface area contributed by atoms with E-state index in [-0.39, 0.29) is 0 Å². The topological polar surface area (TPSA) is 30.7 Å². The van der Waals surface area contributed by atoms with Crippen molar-refractivity contribution in [3.05, 3.63) is 40.6 Å². The van der Waals surface area contributed by atoms with Crippen molar-refractivity contribution < 1.29 is 13.2 Å². The lowest BCUT2D eigenvalue weighted by Gasteiger charge is -2.08. The monoisotopic (exact) mass is 291 g/mol. The number of nitrogens with zero attached hydrogens (tertiary/aromatic N) is 3. The average molecular weight is 292 g/mol. The van der Waals surface area contributed by atoms with Crippen molar-refractivity contribution in [2.75, 3.05) is 0 Å². The Morgan fingerprint density at radius 3 is 2.31 bits per heavy atom. The molecule has 1 heterocycles. The van der Waals surface area contributed by atoms with Crippen molar-refractivity contribution >= 4 is 15.9 Å². The van der Waals surface area contributed by atoms with Crippen molar-refractivity contribution in [3.63, 3.8) is 0 Å². The largest absolute Gasteiger partial charge is 0.435 e. The molecular weight excluding hydrogens is 287 g/mol. The maximum Gasteiger partial charge on any atom is 0.435 e. The van der Waals surface area contributed by atoms with E-state index in [2.05, 4.69) is 26.2 Å². The second-order valence-electron chi connectivity index (χ2n) is 3.01. The van der Waals surface area contributed by atoms with Crippen LogP contribution in [-0.2, 0) is 6.18 Å². The van der Waals surface area contributed by atoms with E-state index in [1.165, 1.54) is 12.1 Å². The highest BCUT2D eigenvalue weighted by atomic mass is 79.9. The summed E-state index contributed by atoms with van der Waals surface area (Å²) < 4.78 is 39.1. The molecule has 3 nitrogen and oxygen atoms in total. The van der Waals surface area contributed by atoms with E-state index in [4.69, 9.17) is 0 Å². The van der Waals surface area contributed by atoms with Crippen LogP contribution in [0.2, 0.25) is 0 Å². The Morgan fingerprint density at radius 2 is 1.75 bits per heavy atom. The smallest absolute Gasteiger partial charge is 0.208 e. The molecule has 0 amide bonds. The highest BCUT2D eigenvalue weighted by molar-refractivity contribution is 9.10. The zero-order valence-corrected chi connectivity index (χ0v) is 9.33. The third-order valence-corrected chi connectivity index (χ3v) is 2.44. The number of hydrogen-bond donors (Lipinski definition) is 0. The number of alkyl halides is 3. The number of rotatable bonds is 1. The lowest BCUT2D eigenvalue weighted by Crippen LogP contribution is -2.13. The van der Waals surface area contributed by atoms with Crippen LogP contribution >= 0.6 is 15.9 Å². The Hall–Kier alpha value is -1.37. The van der Waals surface area contributed by atoms with Gasteiger partial charge >= 0.3 is 6.18 Å². The van der Waals surface area contributed by atoms with Crippen molar-refractivity contribution in [1.29, 1.82) is 0 Å². The molecule has 0 aliphatic carbocycles. The van der Waals surface area contributed by atoms with E-state index < -0.39 is 11.9 Å². The summed E-state index contributed by atoms with van der Waals surface area (Å²) >= 11 is 3.20. The number of aromatic nitrogens is 3. The van der Waals surface area contributed by atoms with E-state index >= 15 is 0 Å². The molecule has 0 bridgehead atoms. The summed E-state index contributed by atoms with van der Waals surface area (Å²) in [5, 5.41) is 6.68. The van der Waals surface area contributed by atoms with Crippen LogP contribution in [-0.4, -0.2) is 15.0 Å². The molecule has 0 aliphatic rings. The van der Waals surface area contributed by atoms with Gasteiger partial charge in [-0.15, -0.1) is 5.10 Å². The van der Waals surface area contributed by atoms with Gasteiger partial charge in [-0.25, -0.2) is 4.68 Å². The van der Waals surface area contributed by atoms with Crippen molar-refractivity contribution in [1.82, 2.24) is 15.0 Å². The van der Waals surface area contributed by atoms with Crippen LogP contribution in [0.5, 0.6) is 0 Å². The van der Waals surface area contributed by atoms with Crippen LogP contribution < -0.4 is 0 Å². The molecule has 1 aromatic heterocycles. The van der Waals surface area contributed by atoms with E-state index in [1.807, 2.05) is 0 Å². The maximum atomic E-state index is 12.5. The lowest BCUT2D eigenvalue weighted by molar-refractivity contribution is -0.142. The molecule has 0 aliphatic heterocycles.